The highest BCUT2D eigenvalue weighted by Crippen LogP contribution is 2.28. The Kier molecular flexibility index (Phi) is 2.61. The number of nitrogens with zero attached hydrogens (tertiary/aromatic N) is 2. The van der Waals surface area contributed by atoms with Gasteiger partial charge in [-0.1, -0.05) is 0 Å². The van der Waals surface area contributed by atoms with E-state index in [0.717, 1.165) is 30.3 Å². The lowest BCUT2D eigenvalue weighted by atomic mass is 9.99. The van der Waals surface area contributed by atoms with Crippen molar-refractivity contribution in [2.45, 2.75) is 32.2 Å². The summed E-state index contributed by atoms with van der Waals surface area (Å²) in [5.74, 6) is 1.80. The van der Waals surface area contributed by atoms with E-state index >= 15 is 0 Å². The van der Waals surface area contributed by atoms with E-state index in [1.807, 2.05) is 20.0 Å². The molecule has 0 amide bonds. The van der Waals surface area contributed by atoms with Crippen molar-refractivity contribution >= 4 is 5.82 Å². The van der Waals surface area contributed by atoms with Crippen molar-refractivity contribution in [2.24, 2.45) is 0 Å². The van der Waals surface area contributed by atoms with Crippen molar-refractivity contribution in [1.82, 2.24) is 15.3 Å². The van der Waals surface area contributed by atoms with Gasteiger partial charge >= 0.3 is 0 Å². The van der Waals surface area contributed by atoms with Crippen LogP contribution in [0.1, 0.15) is 31.3 Å². The summed E-state index contributed by atoms with van der Waals surface area (Å²) in [6, 6.07) is 1.96. The summed E-state index contributed by atoms with van der Waals surface area (Å²) in [5.41, 5.74) is 0.969. The highest BCUT2D eigenvalue weighted by molar-refractivity contribution is 5.35. The summed E-state index contributed by atoms with van der Waals surface area (Å²) in [5, 5.41) is 6.55. The van der Waals surface area contributed by atoms with Crippen LogP contribution >= 0.6 is 0 Å². The third kappa shape index (κ3) is 1.95. The quantitative estimate of drug-likeness (QED) is 0.768. The van der Waals surface area contributed by atoms with Crippen molar-refractivity contribution in [1.29, 1.82) is 0 Å². The summed E-state index contributed by atoms with van der Waals surface area (Å²) in [6.07, 6.45) is 2.31. The van der Waals surface area contributed by atoms with E-state index < -0.39 is 0 Å². The zero-order valence-electron chi connectivity index (χ0n) is 9.59. The lowest BCUT2D eigenvalue weighted by Gasteiger charge is -2.23. The first kappa shape index (κ1) is 10.4. The van der Waals surface area contributed by atoms with Gasteiger partial charge in [0.25, 0.3) is 0 Å². The Hall–Kier alpha value is -1.16. The number of rotatable bonds is 2. The molecule has 0 radical (unpaired) electrons. The highest BCUT2D eigenvalue weighted by atomic mass is 15.1. The zero-order chi connectivity index (χ0) is 10.9. The van der Waals surface area contributed by atoms with Gasteiger partial charge in [-0.2, -0.15) is 0 Å². The van der Waals surface area contributed by atoms with Crippen LogP contribution in [0.5, 0.6) is 0 Å². The first-order valence-electron chi connectivity index (χ1n) is 5.43. The summed E-state index contributed by atoms with van der Waals surface area (Å²) < 4.78 is 0. The van der Waals surface area contributed by atoms with Gasteiger partial charge in [0.2, 0.25) is 0 Å². The normalized spacial score (nSPS) is 25.5. The van der Waals surface area contributed by atoms with Gasteiger partial charge in [0.1, 0.15) is 5.82 Å². The fraction of sp³-hybridized carbons (Fsp3) is 0.636. The lowest BCUT2D eigenvalue weighted by molar-refractivity contribution is 0.406. The predicted octanol–water partition coefficient (Wildman–Crippen LogP) is 1.43. The number of anilines is 1. The molecule has 1 atom stereocenters. The van der Waals surface area contributed by atoms with E-state index in [4.69, 9.17) is 0 Å². The molecule has 4 nitrogen and oxygen atoms in total. The molecule has 2 rings (SSSR count). The molecule has 2 heterocycles. The maximum Gasteiger partial charge on any atom is 0.150 e. The van der Waals surface area contributed by atoms with Gasteiger partial charge < -0.3 is 10.6 Å². The number of hydrogen-bond acceptors (Lipinski definition) is 4. The molecule has 1 fully saturated rings. The molecule has 0 bridgehead atoms. The van der Waals surface area contributed by atoms with Gasteiger partial charge in [-0.05, 0) is 33.2 Å². The minimum atomic E-state index is -0.0440. The monoisotopic (exact) mass is 206 g/mol. The summed E-state index contributed by atoms with van der Waals surface area (Å²) in [7, 11) is 1.88. The Balaban J connectivity index is 2.38. The van der Waals surface area contributed by atoms with Crippen molar-refractivity contribution in [3.63, 3.8) is 0 Å². The molecule has 1 aliphatic rings. The minimum absolute atomic E-state index is 0.0440. The molecule has 0 spiro atoms. The summed E-state index contributed by atoms with van der Waals surface area (Å²) in [4.78, 5) is 9.04. The van der Waals surface area contributed by atoms with E-state index in [1.54, 1.807) is 0 Å². The molecule has 4 heteroatoms. The fourth-order valence-electron chi connectivity index (χ4n) is 2.03. The maximum absolute atomic E-state index is 4.52. The Morgan fingerprint density at radius 1 is 1.47 bits per heavy atom. The van der Waals surface area contributed by atoms with Gasteiger partial charge in [0.15, 0.2) is 5.82 Å². The van der Waals surface area contributed by atoms with Gasteiger partial charge in [-0.3, -0.25) is 0 Å². The third-order valence-electron chi connectivity index (χ3n) is 2.97. The van der Waals surface area contributed by atoms with Crippen molar-refractivity contribution < 1.29 is 0 Å². The molecule has 1 saturated heterocycles. The van der Waals surface area contributed by atoms with Gasteiger partial charge in [0, 0.05) is 18.8 Å². The van der Waals surface area contributed by atoms with Crippen LogP contribution in [0.3, 0.4) is 0 Å². The molecule has 1 aliphatic heterocycles. The van der Waals surface area contributed by atoms with Crippen molar-refractivity contribution in [3.05, 3.63) is 17.6 Å². The number of aromatic nitrogens is 2. The second-order valence-corrected chi connectivity index (χ2v) is 4.33. The Morgan fingerprint density at radius 2 is 2.27 bits per heavy atom. The maximum atomic E-state index is 4.52. The van der Waals surface area contributed by atoms with E-state index in [0.29, 0.717) is 0 Å². The molecule has 2 N–H and O–H groups in total. The molecule has 1 aromatic rings. The van der Waals surface area contributed by atoms with Crippen LogP contribution in [-0.2, 0) is 5.54 Å². The van der Waals surface area contributed by atoms with E-state index in [-0.39, 0.29) is 5.54 Å². The van der Waals surface area contributed by atoms with Gasteiger partial charge in [-0.15, -0.1) is 0 Å². The van der Waals surface area contributed by atoms with Crippen LogP contribution in [-0.4, -0.2) is 23.6 Å². The molecular weight excluding hydrogens is 188 g/mol. The fourth-order valence-corrected chi connectivity index (χ4v) is 2.03. The SMILES string of the molecule is CNc1cc(C)nc(C2(C)CCCN2)n1. The first-order valence-corrected chi connectivity index (χ1v) is 5.43. The van der Waals surface area contributed by atoms with Crippen LogP contribution in [0.15, 0.2) is 6.07 Å². The van der Waals surface area contributed by atoms with Crippen LogP contribution in [0.25, 0.3) is 0 Å². The first-order chi connectivity index (χ1) is 7.14. The van der Waals surface area contributed by atoms with Crippen LogP contribution < -0.4 is 10.6 Å². The number of hydrogen-bond donors (Lipinski definition) is 2. The Labute approximate surface area is 90.5 Å². The highest BCUT2D eigenvalue weighted by Gasteiger charge is 2.33. The van der Waals surface area contributed by atoms with Crippen LogP contribution in [0.2, 0.25) is 0 Å². The van der Waals surface area contributed by atoms with E-state index in [9.17, 15) is 0 Å². The standard InChI is InChI=1S/C11H18N4/c1-8-7-9(12-3)15-10(14-8)11(2)5-4-6-13-11/h7,13H,4-6H2,1-3H3,(H,12,14,15). The molecular formula is C11H18N4. The number of aryl methyl sites for hydroxylation is 1. The third-order valence-corrected chi connectivity index (χ3v) is 2.97. The molecule has 0 aromatic carbocycles. The zero-order valence-corrected chi connectivity index (χ0v) is 9.59. The van der Waals surface area contributed by atoms with E-state index in [2.05, 4.69) is 27.5 Å². The van der Waals surface area contributed by atoms with Crippen LogP contribution in [0.4, 0.5) is 5.82 Å². The van der Waals surface area contributed by atoms with Crippen molar-refractivity contribution in [2.75, 3.05) is 18.9 Å². The molecule has 82 valence electrons. The van der Waals surface area contributed by atoms with E-state index in [1.165, 1.54) is 6.42 Å². The molecule has 1 unspecified atom stereocenters. The molecule has 0 saturated carbocycles. The Bertz CT molecular complexity index is 356. The molecule has 15 heavy (non-hydrogen) atoms. The van der Waals surface area contributed by atoms with Gasteiger partial charge in [-0.25, -0.2) is 9.97 Å². The average molecular weight is 206 g/mol. The predicted molar refractivity (Wildman–Crippen MR) is 60.9 cm³/mol. The largest absolute Gasteiger partial charge is 0.373 e. The van der Waals surface area contributed by atoms with Crippen molar-refractivity contribution in [3.8, 4) is 0 Å². The van der Waals surface area contributed by atoms with Gasteiger partial charge in [0.05, 0.1) is 5.54 Å². The smallest absolute Gasteiger partial charge is 0.150 e. The molecule has 1 aromatic heterocycles. The second kappa shape index (κ2) is 3.77. The Morgan fingerprint density at radius 3 is 2.87 bits per heavy atom. The topological polar surface area (TPSA) is 49.8 Å². The summed E-state index contributed by atoms with van der Waals surface area (Å²) in [6.45, 7) is 5.24. The number of nitrogens with one attached hydrogen (secondary N) is 2. The van der Waals surface area contributed by atoms with Crippen LogP contribution in [0, 0.1) is 6.92 Å². The molecule has 0 aliphatic carbocycles. The second-order valence-electron chi connectivity index (χ2n) is 4.33. The minimum Gasteiger partial charge on any atom is -0.373 e. The summed E-state index contributed by atoms with van der Waals surface area (Å²) >= 11 is 0. The average Bonchev–Trinajstić information content (AvgIpc) is 2.65. The lowest BCUT2D eigenvalue weighted by Crippen LogP contribution is -2.35.